The number of benzene rings is 2. The number of fused-ring (bicyclic) bond motifs is 3. The van der Waals surface area contributed by atoms with Crippen LogP contribution in [-0.4, -0.2) is 23.0 Å². The maximum absolute atomic E-state index is 12.5. The normalized spacial score (nSPS) is 11.1. The fourth-order valence-corrected chi connectivity index (χ4v) is 3.06. The summed E-state index contributed by atoms with van der Waals surface area (Å²) >= 11 is 5.96. The summed E-state index contributed by atoms with van der Waals surface area (Å²) < 4.78 is 5.00. The number of aromatic nitrogens is 2. The first-order chi connectivity index (χ1) is 11.7. The lowest BCUT2D eigenvalue weighted by atomic mass is 10.0. The highest BCUT2D eigenvalue weighted by Crippen LogP contribution is 2.33. The number of methoxy groups -OCH3 is 1. The Hall–Kier alpha value is -2.85. The highest BCUT2D eigenvalue weighted by atomic mass is 35.5. The van der Waals surface area contributed by atoms with Crippen molar-refractivity contribution < 1.29 is 9.53 Å². The number of carbonyl (C=O) groups excluding carboxylic acids is 1. The van der Waals surface area contributed by atoms with Crippen molar-refractivity contribution in [2.24, 2.45) is 0 Å². The predicted octanol–water partition coefficient (Wildman–Crippen LogP) is 4.82. The summed E-state index contributed by atoms with van der Waals surface area (Å²) in [6, 6.07) is 15.1. The van der Waals surface area contributed by atoms with Gasteiger partial charge in [-0.05, 0) is 18.2 Å². The summed E-state index contributed by atoms with van der Waals surface area (Å²) in [6.45, 7) is 0. The van der Waals surface area contributed by atoms with Gasteiger partial charge in [0.25, 0.3) is 0 Å². The van der Waals surface area contributed by atoms with Crippen molar-refractivity contribution in [2.75, 3.05) is 7.11 Å². The Bertz CT molecular complexity index is 1070. The van der Waals surface area contributed by atoms with E-state index >= 15 is 0 Å². The number of hydrogen-bond donors (Lipinski definition) is 1. The number of para-hydroxylation sites is 1. The van der Waals surface area contributed by atoms with Crippen LogP contribution in [0.2, 0.25) is 5.02 Å². The molecule has 4 aromatic rings. The fourth-order valence-electron chi connectivity index (χ4n) is 2.93. The number of nitrogens with one attached hydrogen (secondary N) is 1. The zero-order chi connectivity index (χ0) is 16.7. The van der Waals surface area contributed by atoms with Gasteiger partial charge in [0.2, 0.25) is 0 Å². The van der Waals surface area contributed by atoms with E-state index in [-0.39, 0.29) is 0 Å². The lowest BCUT2D eigenvalue weighted by Crippen LogP contribution is -2.06. The quantitative estimate of drug-likeness (QED) is 0.534. The van der Waals surface area contributed by atoms with Crippen LogP contribution in [0.15, 0.2) is 54.7 Å². The largest absolute Gasteiger partial charge is 0.465 e. The van der Waals surface area contributed by atoms with Crippen LogP contribution in [0.3, 0.4) is 0 Å². The summed E-state index contributed by atoms with van der Waals surface area (Å²) in [5.74, 6) is -0.426. The Morgan fingerprint density at radius 1 is 1.08 bits per heavy atom. The van der Waals surface area contributed by atoms with Crippen molar-refractivity contribution in [1.82, 2.24) is 9.97 Å². The van der Waals surface area contributed by atoms with Gasteiger partial charge in [-0.15, -0.1) is 0 Å². The molecule has 4 nitrogen and oxygen atoms in total. The number of ether oxygens (including phenoxy) is 1. The van der Waals surface area contributed by atoms with E-state index in [4.69, 9.17) is 16.3 Å². The van der Waals surface area contributed by atoms with E-state index in [1.54, 1.807) is 18.3 Å². The molecular formula is C19H13ClN2O2. The molecule has 0 saturated heterocycles. The number of rotatable bonds is 2. The van der Waals surface area contributed by atoms with E-state index in [9.17, 15) is 4.79 Å². The molecule has 0 bridgehead atoms. The maximum Gasteiger partial charge on any atom is 0.342 e. The van der Waals surface area contributed by atoms with E-state index in [1.807, 2.05) is 36.4 Å². The molecule has 24 heavy (non-hydrogen) atoms. The summed E-state index contributed by atoms with van der Waals surface area (Å²) in [5.41, 5.74) is 3.47. The number of nitrogens with zero attached hydrogens (tertiary/aromatic N) is 1. The van der Waals surface area contributed by atoms with E-state index < -0.39 is 5.97 Å². The molecule has 0 saturated carbocycles. The second-order valence-electron chi connectivity index (χ2n) is 5.44. The molecule has 2 aromatic carbocycles. The number of aromatic amines is 1. The molecule has 0 radical (unpaired) electrons. The van der Waals surface area contributed by atoms with E-state index in [0.29, 0.717) is 16.3 Å². The Morgan fingerprint density at radius 3 is 2.58 bits per heavy atom. The highest BCUT2D eigenvalue weighted by molar-refractivity contribution is 6.30. The van der Waals surface area contributed by atoms with Gasteiger partial charge in [0.05, 0.1) is 18.3 Å². The minimum absolute atomic E-state index is 0.425. The molecule has 0 amide bonds. The van der Waals surface area contributed by atoms with Gasteiger partial charge in [-0.2, -0.15) is 0 Å². The number of halogens is 1. The summed E-state index contributed by atoms with van der Waals surface area (Å²) in [5, 5.41) is 2.54. The summed E-state index contributed by atoms with van der Waals surface area (Å²) in [4.78, 5) is 20.3. The SMILES string of the molecule is COC(=O)c1c(-c2ccc(Cl)cc2)ncc2c1[nH]c1ccccc12. The number of carbonyl (C=O) groups is 1. The predicted molar refractivity (Wildman–Crippen MR) is 95.4 cm³/mol. The van der Waals surface area contributed by atoms with Crippen LogP contribution in [0.1, 0.15) is 10.4 Å². The third-order valence-corrected chi connectivity index (χ3v) is 4.31. The van der Waals surface area contributed by atoms with Crippen molar-refractivity contribution in [3.05, 3.63) is 65.3 Å². The van der Waals surface area contributed by atoms with Crippen molar-refractivity contribution in [3.8, 4) is 11.3 Å². The molecule has 0 aliphatic carbocycles. The average Bonchev–Trinajstić information content (AvgIpc) is 2.99. The van der Waals surface area contributed by atoms with Crippen LogP contribution < -0.4 is 0 Å². The molecule has 0 aliphatic heterocycles. The topological polar surface area (TPSA) is 55.0 Å². The van der Waals surface area contributed by atoms with Crippen LogP contribution in [0.4, 0.5) is 0 Å². The highest BCUT2D eigenvalue weighted by Gasteiger charge is 2.21. The smallest absolute Gasteiger partial charge is 0.342 e. The zero-order valence-electron chi connectivity index (χ0n) is 12.8. The van der Waals surface area contributed by atoms with Crippen molar-refractivity contribution >= 4 is 39.4 Å². The molecule has 4 rings (SSSR count). The minimum atomic E-state index is -0.426. The van der Waals surface area contributed by atoms with Crippen LogP contribution in [0.5, 0.6) is 0 Å². The maximum atomic E-state index is 12.5. The van der Waals surface area contributed by atoms with Crippen LogP contribution in [0.25, 0.3) is 33.1 Å². The standard InChI is InChI=1S/C19H13ClN2O2/c1-24-19(23)16-17(11-6-8-12(20)9-7-11)21-10-14-13-4-2-3-5-15(13)22-18(14)16/h2-10,22H,1H3. The summed E-state index contributed by atoms with van der Waals surface area (Å²) in [6.07, 6.45) is 1.78. The molecule has 0 atom stereocenters. The first-order valence-corrected chi connectivity index (χ1v) is 7.80. The summed E-state index contributed by atoms with van der Waals surface area (Å²) in [7, 11) is 1.37. The molecule has 118 valence electrons. The van der Waals surface area contributed by atoms with Gasteiger partial charge in [0, 0.05) is 33.1 Å². The van der Waals surface area contributed by atoms with Crippen LogP contribution in [-0.2, 0) is 4.74 Å². The first kappa shape index (κ1) is 14.7. The third kappa shape index (κ3) is 2.23. The van der Waals surface area contributed by atoms with Gasteiger partial charge in [-0.25, -0.2) is 4.79 Å². The lowest BCUT2D eigenvalue weighted by Gasteiger charge is -2.09. The molecule has 0 spiro atoms. The zero-order valence-corrected chi connectivity index (χ0v) is 13.6. The van der Waals surface area contributed by atoms with Crippen LogP contribution in [0, 0.1) is 0 Å². The number of H-pyrrole nitrogens is 1. The molecule has 5 heteroatoms. The minimum Gasteiger partial charge on any atom is -0.465 e. The Labute approximate surface area is 143 Å². The van der Waals surface area contributed by atoms with Crippen molar-refractivity contribution in [1.29, 1.82) is 0 Å². The van der Waals surface area contributed by atoms with Crippen LogP contribution >= 0.6 is 11.6 Å². The monoisotopic (exact) mass is 336 g/mol. The molecule has 1 N–H and O–H groups in total. The van der Waals surface area contributed by atoms with Gasteiger partial charge < -0.3 is 9.72 Å². The van der Waals surface area contributed by atoms with Gasteiger partial charge in [0.1, 0.15) is 5.56 Å². The molecule has 0 fully saturated rings. The molecule has 2 aromatic heterocycles. The Morgan fingerprint density at radius 2 is 1.83 bits per heavy atom. The molecular weight excluding hydrogens is 324 g/mol. The van der Waals surface area contributed by atoms with Gasteiger partial charge in [-0.1, -0.05) is 41.9 Å². The molecule has 2 heterocycles. The third-order valence-electron chi connectivity index (χ3n) is 4.06. The Balaban J connectivity index is 2.08. The van der Waals surface area contributed by atoms with Gasteiger partial charge >= 0.3 is 5.97 Å². The second kappa shape index (κ2) is 5.65. The van der Waals surface area contributed by atoms with E-state index in [1.165, 1.54) is 7.11 Å². The Kier molecular flexibility index (Phi) is 3.47. The average molecular weight is 337 g/mol. The van der Waals surface area contributed by atoms with E-state index in [0.717, 1.165) is 27.4 Å². The number of esters is 1. The molecule has 0 unspecified atom stereocenters. The van der Waals surface area contributed by atoms with Crippen molar-refractivity contribution in [3.63, 3.8) is 0 Å². The first-order valence-electron chi connectivity index (χ1n) is 7.42. The fraction of sp³-hybridized carbons (Fsp3) is 0.0526. The number of hydrogen-bond acceptors (Lipinski definition) is 3. The lowest BCUT2D eigenvalue weighted by molar-refractivity contribution is 0.0603. The van der Waals surface area contributed by atoms with E-state index in [2.05, 4.69) is 9.97 Å². The number of pyridine rings is 1. The van der Waals surface area contributed by atoms with Gasteiger partial charge in [0.15, 0.2) is 0 Å². The second-order valence-corrected chi connectivity index (χ2v) is 5.88. The van der Waals surface area contributed by atoms with Crippen molar-refractivity contribution in [2.45, 2.75) is 0 Å². The van der Waals surface area contributed by atoms with Gasteiger partial charge in [-0.3, -0.25) is 4.98 Å². The molecule has 0 aliphatic rings.